The zero-order valence-electron chi connectivity index (χ0n) is 14.1. The number of ketones is 1. The lowest BCUT2D eigenvalue weighted by atomic mass is 9.81. The van der Waals surface area contributed by atoms with Crippen molar-refractivity contribution >= 4 is 11.4 Å². The predicted molar refractivity (Wildman–Crippen MR) is 94.7 cm³/mol. The lowest BCUT2D eigenvalue weighted by Crippen LogP contribution is -2.31. The van der Waals surface area contributed by atoms with Crippen LogP contribution in [0.3, 0.4) is 0 Å². The predicted octanol–water partition coefficient (Wildman–Crippen LogP) is 3.85. The quantitative estimate of drug-likeness (QED) is 0.776. The van der Waals surface area contributed by atoms with E-state index in [0.717, 1.165) is 24.0 Å². The highest BCUT2D eigenvalue weighted by Gasteiger charge is 2.38. The van der Waals surface area contributed by atoms with Gasteiger partial charge < -0.3 is 9.64 Å². The van der Waals surface area contributed by atoms with Gasteiger partial charge in [0.25, 0.3) is 0 Å². The van der Waals surface area contributed by atoms with Gasteiger partial charge in [0, 0.05) is 24.2 Å². The largest absolute Gasteiger partial charge is 0.487 e. The van der Waals surface area contributed by atoms with Crippen molar-refractivity contribution in [3.8, 4) is 6.07 Å². The molecule has 0 spiro atoms. The monoisotopic (exact) mass is 348 g/mol. The van der Waals surface area contributed by atoms with Gasteiger partial charge in [-0.05, 0) is 47.8 Å². The molecular weight excluding hydrogens is 331 g/mol. The summed E-state index contributed by atoms with van der Waals surface area (Å²) in [6.07, 6.45) is 6.32. The van der Waals surface area contributed by atoms with Crippen molar-refractivity contribution < 1.29 is 13.9 Å². The molecule has 1 unspecified atom stereocenters. The molecule has 1 saturated carbocycles. The molecule has 3 aliphatic rings. The number of hydrogen-bond donors (Lipinski definition) is 0. The summed E-state index contributed by atoms with van der Waals surface area (Å²) in [4.78, 5) is 14.3. The van der Waals surface area contributed by atoms with Crippen LogP contribution in [-0.4, -0.2) is 22.8 Å². The van der Waals surface area contributed by atoms with Crippen LogP contribution in [-0.2, 0) is 9.53 Å². The summed E-state index contributed by atoms with van der Waals surface area (Å²) >= 11 is 0. The molecule has 2 aliphatic carbocycles. The molecule has 0 aromatic heterocycles. The summed E-state index contributed by atoms with van der Waals surface area (Å²) in [5.74, 6) is -0.428. The topological polar surface area (TPSA) is 53.3 Å². The number of hydrogen-bond acceptors (Lipinski definition) is 4. The second-order valence-corrected chi connectivity index (χ2v) is 6.59. The third kappa shape index (κ3) is 2.74. The molecule has 1 atom stereocenters. The summed E-state index contributed by atoms with van der Waals surface area (Å²) in [7, 11) is 0. The van der Waals surface area contributed by atoms with Crippen molar-refractivity contribution in [2.75, 3.05) is 0 Å². The molecule has 0 bridgehead atoms. The van der Waals surface area contributed by atoms with E-state index < -0.39 is 6.10 Å². The molecule has 0 N–H and O–H groups in total. The van der Waals surface area contributed by atoms with Crippen LogP contribution in [0.25, 0.3) is 5.57 Å². The SMILES string of the molecule is C=COC1C=C2C(=CN(C3CC3)C(C#N)=C2c2cccc(F)c2)CC1=O. The van der Waals surface area contributed by atoms with Gasteiger partial charge >= 0.3 is 0 Å². The third-order valence-corrected chi connectivity index (χ3v) is 4.81. The van der Waals surface area contributed by atoms with Gasteiger partial charge in [0.15, 0.2) is 11.9 Å². The Hall–Kier alpha value is -3.13. The molecule has 5 heteroatoms. The fourth-order valence-electron chi connectivity index (χ4n) is 3.49. The first kappa shape index (κ1) is 16.3. The van der Waals surface area contributed by atoms with Gasteiger partial charge in [-0.15, -0.1) is 0 Å². The van der Waals surface area contributed by atoms with Gasteiger partial charge in [-0.1, -0.05) is 18.7 Å². The fraction of sp³-hybridized carbons (Fsp3) is 0.238. The third-order valence-electron chi connectivity index (χ3n) is 4.81. The van der Waals surface area contributed by atoms with Gasteiger partial charge in [-0.3, -0.25) is 4.79 Å². The van der Waals surface area contributed by atoms with Crippen LogP contribution >= 0.6 is 0 Å². The first-order valence-corrected chi connectivity index (χ1v) is 8.53. The maximum Gasteiger partial charge on any atom is 0.181 e. The number of rotatable bonds is 4. The van der Waals surface area contributed by atoms with Crippen LogP contribution in [0.2, 0.25) is 0 Å². The van der Waals surface area contributed by atoms with Crippen molar-refractivity contribution in [3.05, 3.63) is 77.6 Å². The molecule has 130 valence electrons. The Kier molecular flexibility index (Phi) is 3.96. The number of carbonyl (C=O) groups excluding carboxylic acids is 1. The zero-order valence-corrected chi connectivity index (χ0v) is 14.1. The first-order chi connectivity index (χ1) is 12.6. The van der Waals surface area contributed by atoms with Crippen LogP contribution in [0.4, 0.5) is 4.39 Å². The van der Waals surface area contributed by atoms with E-state index >= 15 is 0 Å². The normalized spacial score (nSPS) is 22.2. The Balaban J connectivity index is 1.92. The first-order valence-electron chi connectivity index (χ1n) is 8.53. The van der Waals surface area contributed by atoms with E-state index in [4.69, 9.17) is 4.74 Å². The second kappa shape index (κ2) is 6.30. The average Bonchev–Trinajstić information content (AvgIpc) is 3.46. The summed E-state index contributed by atoms with van der Waals surface area (Å²) in [5.41, 5.74) is 3.36. The minimum atomic E-state index is -0.740. The molecular formula is C21H17FN2O2. The van der Waals surface area contributed by atoms with Crippen LogP contribution in [0.15, 0.2) is 66.2 Å². The van der Waals surface area contributed by atoms with Crippen LogP contribution in [0.5, 0.6) is 0 Å². The van der Waals surface area contributed by atoms with Crippen molar-refractivity contribution in [1.29, 1.82) is 5.26 Å². The van der Waals surface area contributed by atoms with E-state index in [2.05, 4.69) is 12.6 Å². The molecule has 0 saturated heterocycles. The number of halogens is 1. The van der Waals surface area contributed by atoms with E-state index in [0.29, 0.717) is 16.8 Å². The van der Waals surface area contributed by atoms with Crippen molar-refractivity contribution in [2.24, 2.45) is 0 Å². The van der Waals surface area contributed by atoms with E-state index in [-0.39, 0.29) is 24.1 Å². The van der Waals surface area contributed by atoms with E-state index in [1.54, 1.807) is 18.2 Å². The van der Waals surface area contributed by atoms with E-state index in [1.165, 1.54) is 18.4 Å². The highest BCUT2D eigenvalue weighted by Crippen LogP contribution is 2.44. The Bertz CT molecular complexity index is 932. The van der Waals surface area contributed by atoms with Crippen LogP contribution in [0.1, 0.15) is 24.8 Å². The number of carbonyl (C=O) groups is 1. The molecule has 1 aromatic rings. The highest BCUT2D eigenvalue weighted by atomic mass is 19.1. The molecule has 1 aromatic carbocycles. The average molecular weight is 348 g/mol. The minimum Gasteiger partial charge on any atom is -0.487 e. The van der Waals surface area contributed by atoms with Crippen LogP contribution < -0.4 is 0 Å². The zero-order chi connectivity index (χ0) is 18.3. The summed E-state index contributed by atoms with van der Waals surface area (Å²) < 4.78 is 19.2. The van der Waals surface area contributed by atoms with Gasteiger partial charge in [-0.2, -0.15) is 5.26 Å². The molecule has 1 heterocycles. The molecule has 0 radical (unpaired) electrons. The van der Waals surface area contributed by atoms with Crippen molar-refractivity contribution in [2.45, 2.75) is 31.4 Å². The second-order valence-electron chi connectivity index (χ2n) is 6.59. The standard InChI is InChI=1S/C21H17FN2O2/c1-2-26-20-10-17-14(9-19(20)25)12-24(16-6-7-16)18(11-23)21(17)13-4-3-5-15(22)8-13/h2-5,8,10,12,16,20H,1,6-7,9H2. The molecule has 26 heavy (non-hydrogen) atoms. The smallest absolute Gasteiger partial charge is 0.181 e. The minimum absolute atomic E-state index is 0.0605. The number of ether oxygens (including phenoxy) is 1. The van der Waals surface area contributed by atoms with Gasteiger partial charge in [0.2, 0.25) is 0 Å². The van der Waals surface area contributed by atoms with E-state index in [9.17, 15) is 14.4 Å². The molecule has 1 fully saturated rings. The Morgan fingerprint density at radius 1 is 1.38 bits per heavy atom. The molecule has 1 aliphatic heterocycles. The molecule has 0 amide bonds. The summed E-state index contributed by atoms with van der Waals surface area (Å²) in [6.45, 7) is 3.52. The fourth-order valence-corrected chi connectivity index (χ4v) is 3.49. The number of allylic oxidation sites excluding steroid dienone is 4. The lowest BCUT2D eigenvalue weighted by Gasteiger charge is -2.33. The van der Waals surface area contributed by atoms with Crippen molar-refractivity contribution in [1.82, 2.24) is 4.90 Å². The number of fused-ring (bicyclic) bond motifs is 1. The van der Waals surface area contributed by atoms with E-state index in [1.807, 2.05) is 11.1 Å². The summed E-state index contributed by atoms with van der Waals surface area (Å²) in [6, 6.07) is 8.74. The molecule has 4 rings (SSSR count). The molecule has 4 nitrogen and oxygen atoms in total. The summed E-state index contributed by atoms with van der Waals surface area (Å²) in [5, 5.41) is 9.84. The number of nitriles is 1. The highest BCUT2D eigenvalue weighted by molar-refractivity contribution is 5.98. The van der Waals surface area contributed by atoms with Gasteiger partial charge in [-0.25, -0.2) is 4.39 Å². The maximum atomic E-state index is 13.9. The number of Topliss-reactive ketones (excluding diaryl/α,β-unsaturated/α-hetero) is 1. The van der Waals surface area contributed by atoms with Crippen LogP contribution in [0, 0.1) is 17.1 Å². The Morgan fingerprint density at radius 2 is 2.19 bits per heavy atom. The Labute approximate surface area is 151 Å². The van der Waals surface area contributed by atoms with Gasteiger partial charge in [0.1, 0.15) is 17.6 Å². The number of nitrogens with zero attached hydrogens (tertiary/aromatic N) is 2. The maximum absolute atomic E-state index is 13.9. The Morgan fingerprint density at radius 3 is 2.85 bits per heavy atom. The lowest BCUT2D eigenvalue weighted by molar-refractivity contribution is -0.124. The van der Waals surface area contributed by atoms with Gasteiger partial charge in [0.05, 0.1) is 6.26 Å². The van der Waals surface area contributed by atoms with Crippen molar-refractivity contribution in [3.63, 3.8) is 0 Å². The number of benzene rings is 1.